The molecule has 0 aliphatic heterocycles. The first-order valence-corrected chi connectivity index (χ1v) is 7.58. The predicted octanol–water partition coefficient (Wildman–Crippen LogP) is 3.02. The van der Waals surface area contributed by atoms with Crippen molar-refractivity contribution in [3.05, 3.63) is 64.9 Å². The molecular weight excluding hydrogens is 300 g/mol. The van der Waals surface area contributed by atoms with E-state index in [9.17, 15) is 9.90 Å². The number of aromatic nitrogens is 1. The summed E-state index contributed by atoms with van der Waals surface area (Å²) < 4.78 is 0. The van der Waals surface area contributed by atoms with Crippen molar-refractivity contribution in [1.82, 2.24) is 10.3 Å². The largest absolute Gasteiger partial charge is 0.393 e. The number of amides is 1. The standard InChI is InChI=1S/C17H19ClN2O2/c1-12(21)10-14(13-6-3-2-4-7-13)11-19-17(22)15-8-5-9-16(18)20-15/h2-9,12,14,21H,10-11H2,1H3,(H,19,22). The molecule has 0 spiro atoms. The summed E-state index contributed by atoms with van der Waals surface area (Å²) in [7, 11) is 0. The summed E-state index contributed by atoms with van der Waals surface area (Å²) in [4.78, 5) is 16.1. The van der Waals surface area contributed by atoms with Gasteiger partial charge in [-0.15, -0.1) is 0 Å². The van der Waals surface area contributed by atoms with Crippen LogP contribution in [0.25, 0.3) is 0 Å². The number of carbonyl (C=O) groups excluding carboxylic acids is 1. The maximum absolute atomic E-state index is 12.1. The fourth-order valence-electron chi connectivity index (χ4n) is 2.32. The second-order valence-corrected chi connectivity index (χ2v) is 5.64. The molecule has 0 bridgehead atoms. The Balaban J connectivity index is 2.03. The van der Waals surface area contributed by atoms with E-state index in [0.717, 1.165) is 5.56 Å². The highest BCUT2D eigenvalue weighted by atomic mass is 35.5. The molecule has 1 aromatic heterocycles. The van der Waals surface area contributed by atoms with Crippen molar-refractivity contribution in [2.75, 3.05) is 6.54 Å². The number of aliphatic hydroxyl groups excluding tert-OH is 1. The summed E-state index contributed by atoms with van der Waals surface area (Å²) in [6, 6.07) is 14.8. The SMILES string of the molecule is CC(O)CC(CNC(=O)c1cccc(Cl)n1)c1ccccc1. The molecule has 2 rings (SSSR count). The molecule has 22 heavy (non-hydrogen) atoms. The summed E-state index contributed by atoms with van der Waals surface area (Å²) in [5.74, 6) is -0.224. The van der Waals surface area contributed by atoms with Gasteiger partial charge in [-0.1, -0.05) is 48.0 Å². The summed E-state index contributed by atoms with van der Waals surface area (Å²) in [5.41, 5.74) is 1.37. The molecule has 1 aromatic carbocycles. The Kier molecular flexibility index (Phi) is 5.92. The highest BCUT2D eigenvalue weighted by Crippen LogP contribution is 2.20. The first-order valence-electron chi connectivity index (χ1n) is 7.20. The van der Waals surface area contributed by atoms with Crippen LogP contribution in [0, 0.1) is 0 Å². The lowest BCUT2D eigenvalue weighted by molar-refractivity contribution is 0.0940. The summed E-state index contributed by atoms with van der Waals surface area (Å²) >= 11 is 5.79. The van der Waals surface area contributed by atoms with Crippen molar-refractivity contribution in [2.45, 2.75) is 25.4 Å². The number of hydrogen-bond acceptors (Lipinski definition) is 3. The van der Waals surface area contributed by atoms with Gasteiger partial charge in [0.05, 0.1) is 6.10 Å². The molecule has 5 heteroatoms. The Morgan fingerprint density at radius 1 is 1.23 bits per heavy atom. The van der Waals surface area contributed by atoms with Crippen LogP contribution in [0.5, 0.6) is 0 Å². The van der Waals surface area contributed by atoms with Crippen molar-refractivity contribution < 1.29 is 9.90 Å². The number of hydrogen-bond donors (Lipinski definition) is 2. The lowest BCUT2D eigenvalue weighted by Gasteiger charge is -2.19. The van der Waals surface area contributed by atoms with E-state index in [1.807, 2.05) is 30.3 Å². The number of pyridine rings is 1. The van der Waals surface area contributed by atoms with Crippen LogP contribution >= 0.6 is 11.6 Å². The van der Waals surface area contributed by atoms with E-state index in [0.29, 0.717) is 13.0 Å². The molecule has 0 radical (unpaired) electrons. The van der Waals surface area contributed by atoms with Gasteiger partial charge in [0.25, 0.3) is 5.91 Å². The lowest BCUT2D eigenvalue weighted by Crippen LogP contribution is -2.30. The van der Waals surface area contributed by atoms with E-state index in [4.69, 9.17) is 11.6 Å². The molecule has 0 aliphatic carbocycles. The normalized spacial score (nSPS) is 13.4. The molecule has 2 aromatic rings. The summed E-state index contributed by atoms with van der Waals surface area (Å²) in [5, 5.41) is 12.8. The van der Waals surface area contributed by atoms with Crippen LogP contribution in [0.2, 0.25) is 5.15 Å². The Morgan fingerprint density at radius 3 is 2.59 bits per heavy atom. The van der Waals surface area contributed by atoms with Gasteiger partial charge in [0.15, 0.2) is 0 Å². The number of nitrogens with one attached hydrogen (secondary N) is 1. The second-order valence-electron chi connectivity index (χ2n) is 5.25. The Morgan fingerprint density at radius 2 is 1.95 bits per heavy atom. The molecule has 0 saturated carbocycles. The second kappa shape index (κ2) is 7.92. The summed E-state index contributed by atoms with van der Waals surface area (Å²) in [6.45, 7) is 2.18. The number of benzene rings is 1. The zero-order valence-corrected chi connectivity index (χ0v) is 13.1. The fraction of sp³-hybridized carbons (Fsp3) is 0.294. The maximum Gasteiger partial charge on any atom is 0.269 e. The predicted molar refractivity (Wildman–Crippen MR) is 87.1 cm³/mol. The van der Waals surface area contributed by atoms with E-state index in [1.165, 1.54) is 0 Å². The lowest BCUT2D eigenvalue weighted by atomic mass is 9.93. The molecule has 116 valence electrons. The first kappa shape index (κ1) is 16.5. The molecule has 0 aliphatic rings. The zero-order valence-electron chi connectivity index (χ0n) is 12.4. The van der Waals surface area contributed by atoms with Gasteiger partial charge in [0.1, 0.15) is 10.8 Å². The molecule has 0 saturated heterocycles. The Bertz CT molecular complexity index is 617. The van der Waals surface area contributed by atoms with E-state index in [-0.39, 0.29) is 22.7 Å². The summed E-state index contributed by atoms with van der Waals surface area (Å²) in [6.07, 6.45) is 0.138. The molecule has 2 N–H and O–H groups in total. The van der Waals surface area contributed by atoms with Gasteiger partial charge in [0.2, 0.25) is 0 Å². The topological polar surface area (TPSA) is 62.2 Å². The molecule has 0 fully saturated rings. The van der Waals surface area contributed by atoms with Crippen molar-refractivity contribution in [2.24, 2.45) is 0 Å². The van der Waals surface area contributed by atoms with Crippen molar-refractivity contribution in [1.29, 1.82) is 0 Å². The first-order chi connectivity index (χ1) is 10.6. The maximum atomic E-state index is 12.1. The average molecular weight is 319 g/mol. The molecule has 1 amide bonds. The van der Waals surface area contributed by atoms with Gasteiger partial charge >= 0.3 is 0 Å². The van der Waals surface area contributed by atoms with Crippen molar-refractivity contribution >= 4 is 17.5 Å². The Hall–Kier alpha value is -1.91. The van der Waals surface area contributed by atoms with Gasteiger partial charge < -0.3 is 10.4 Å². The average Bonchev–Trinajstić information content (AvgIpc) is 2.51. The highest BCUT2D eigenvalue weighted by molar-refractivity contribution is 6.29. The van der Waals surface area contributed by atoms with Crippen LogP contribution < -0.4 is 5.32 Å². The smallest absolute Gasteiger partial charge is 0.269 e. The van der Waals surface area contributed by atoms with Gasteiger partial charge in [0, 0.05) is 12.5 Å². The van der Waals surface area contributed by atoms with Gasteiger partial charge in [-0.25, -0.2) is 4.98 Å². The van der Waals surface area contributed by atoms with Crippen molar-refractivity contribution in [3.63, 3.8) is 0 Å². The monoisotopic (exact) mass is 318 g/mol. The zero-order chi connectivity index (χ0) is 15.9. The van der Waals surface area contributed by atoms with E-state index in [2.05, 4.69) is 10.3 Å². The van der Waals surface area contributed by atoms with Crippen molar-refractivity contribution in [3.8, 4) is 0 Å². The van der Waals surface area contributed by atoms with Crippen LogP contribution in [-0.2, 0) is 0 Å². The minimum absolute atomic E-state index is 0.0457. The number of halogens is 1. The molecule has 2 unspecified atom stereocenters. The van der Waals surface area contributed by atoms with Crippen LogP contribution in [0.15, 0.2) is 48.5 Å². The molecule has 4 nitrogen and oxygen atoms in total. The van der Waals surface area contributed by atoms with E-state index < -0.39 is 6.10 Å². The Labute approximate surface area is 135 Å². The quantitative estimate of drug-likeness (QED) is 0.805. The fourth-order valence-corrected chi connectivity index (χ4v) is 2.48. The van der Waals surface area contributed by atoms with Gasteiger partial charge in [-0.2, -0.15) is 0 Å². The molecule has 2 atom stereocenters. The minimum Gasteiger partial charge on any atom is -0.393 e. The van der Waals surface area contributed by atoms with Gasteiger partial charge in [-0.05, 0) is 31.0 Å². The number of carbonyl (C=O) groups is 1. The van der Waals surface area contributed by atoms with Crippen LogP contribution in [-0.4, -0.2) is 28.6 Å². The third kappa shape index (κ3) is 4.83. The highest BCUT2D eigenvalue weighted by Gasteiger charge is 2.16. The minimum atomic E-state index is -0.439. The number of aliphatic hydroxyl groups is 1. The van der Waals surface area contributed by atoms with Crippen LogP contribution in [0.1, 0.15) is 35.3 Å². The van der Waals surface area contributed by atoms with E-state index in [1.54, 1.807) is 25.1 Å². The van der Waals surface area contributed by atoms with Gasteiger partial charge in [-0.3, -0.25) is 4.79 Å². The number of rotatable bonds is 6. The third-order valence-corrected chi connectivity index (χ3v) is 3.56. The molecule has 1 heterocycles. The van der Waals surface area contributed by atoms with Crippen LogP contribution in [0.4, 0.5) is 0 Å². The number of nitrogens with zero attached hydrogens (tertiary/aromatic N) is 1. The third-order valence-electron chi connectivity index (χ3n) is 3.35. The molecular formula is C17H19ClN2O2. The van der Waals surface area contributed by atoms with Crippen LogP contribution in [0.3, 0.4) is 0 Å². The van der Waals surface area contributed by atoms with E-state index >= 15 is 0 Å².